The topological polar surface area (TPSA) is 113 Å². The number of carbonyl (C=O) groups is 3. The lowest BCUT2D eigenvalue weighted by Gasteiger charge is -2.33. The highest BCUT2D eigenvalue weighted by atomic mass is 35.5. The Labute approximate surface area is 241 Å². The van der Waals surface area contributed by atoms with E-state index in [9.17, 15) is 22.8 Å². The molecule has 0 bridgehead atoms. The van der Waals surface area contributed by atoms with Crippen LogP contribution in [0.15, 0.2) is 77.7 Å². The quantitative estimate of drug-likeness (QED) is 0.401. The molecule has 2 atom stereocenters. The second-order valence-corrected chi connectivity index (χ2v) is 12.0. The fraction of sp³-hybridized carbons (Fsp3) is 0.276. The third-order valence-electron chi connectivity index (χ3n) is 7.10. The predicted octanol–water partition coefficient (Wildman–Crippen LogP) is 3.69. The molecule has 12 heteroatoms. The van der Waals surface area contributed by atoms with Crippen molar-refractivity contribution in [2.75, 3.05) is 19.7 Å². The lowest BCUT2D eigenvalue weighted by molar-refractivity contribution is -0.141. The van der Waals surface area contributed by atoms with Gasteiger partial charge < -0.3 is 15.0 Å². The van der Waals surface area contributed by atoms with Crippen LogP contribution in [0.5, 0.6) is 0 Å². The number of benzene rings is 3. The molecule has 214 valence electrons. The van der Waals surface area contributed by atoms with Gasteiger partial charge in [0.1, 0.15) is 23.3 Å². The van der Waals surface area contributed by atoms with E-state index in [0.717, 1.165) is 17.7 Å². The number of amides is 3. The van der Waals surface area contributed by atoms with E-state index in [2.05, 4.69) is 5.32 Å². The van der Waals surface area contributed by atoms with Crippen molar-refractivity contribution in [1.29, 1.82) is 0 Å². The van der Waals surface area contributed by atoms with E-state index < -0.39 is 46.1 Å². The summed E-state index contributed by atoms with van der Waals surface area (Å²) in [5.41, 5.74) is 0.282. The molecule has 3 aromatic rings. The summed E-state index contributed by atoms with van der Waals surface area (Å²) < 4.78 is 47.7. The highest BCUT2D eigenvalue weighted by molar-refractivity contribution is 7.90. The smallest absolute Gasteiger partial charge is 0.269 e. The lowest BCUT2D eigenvalue weighted by Crippen LogP contribution is -2.49. The van der Waals surface area contributed by atoms with Crippen molar-refractivity contribution in [3.05, 3.63) is 100 Å². The number of hydrogen-bond donors (Lipinski definition) is 1. The first-order valence-electron chi connectivity index (χ1n) is 13.0. The Balaban J connectivity index is 1.53. The number of carbonyl (C=O) groups excluding carboxylic acids is 3. The van der Waals surface area contributed by atoms with Gasteiger partial charge in [-0.15, -0.1) is 0 Å². The number of nitrogens with one attached hydrogen (secondary N) is 1. The van der Waals surface area contributed by atoms with Crippen LogP contribution in [-0.4, -0.2) is 61.1 Å². The van der Waals surface area contributed by atoms with Crippen LogP contribution < -0.4 is 5.32 Å². The van der Waals surface area contributed by atoms with Gasteiger partial charge in [0.05, 0.1) is 11.7 Å². The summed E-state index contributed by atoms with van der Waals surface area (Å²) in [4.78, 5) is 41.6. The van der Waals surface area contributed by atoms with Crippen molar-refractivity contribution < 1.29 is 31.9 Å². The molecular formula is C29H27ClFN3O6S. The molecule has 2 heterocycles. The van der Waals surface area contributed by atoms with Gasteiger partial charge in [0.25, 0.3) is 15.9 Å². The Hall–Kier alpha value is -3.80. The minimum absolute atomic E-state index is 0.0575. The zero-order valence-electron chi connectivity index (χ0n) is 21.8. The van der Waals surface area contributed by atoms with Gasteiger partial charge in [-0.25, -0.2) is 17.1 Å². The molecule has 9 nitrogen and oxygen atoms in total. The molecule has 1 N–H and O–H groups in total. The van der Waals surface area contributed by atoms with Crippen LogP contribution in [0.4, 0.5) is 4.39 Å². The summed E-state index contributed by atoms with van der Waals surface area (Å²) in [5.74, 6) is -3.18. The fourth-order valence-corrected chi connectivity index (χ4v) is 6.71. The number of sulfonamides is 1. The summed E-state index contributed by atoms with van der Waals surface area (Å²) in [5, 5.41) is 3.05. The minimum atomic E-state index is -4.33. The predicted molar refractivity (Wildman–Crippen MR) is 148 cm³/mol. The zero-order chi connectivity index (χ0) is 29.1. The monoisotopic (exact) mass is 599 g/mol. The van der Waals surface area contributed by atoms with Crippen molar-refractivity contribution in [2.45, 2.75) is 36.4 Å². The van der Waals surface area contributed by atoms with E-state index in [1.807, 2.05) is 0 Å². The summed E-state index contributed by atoms with van der Waals surface area (Å²) in [6.07, 6.45) is 1.36. The first-order valence-corrected chi connectivity index (χ1v) is 14.8. The molecule has 0 aliphatic carbocycles. The van der Waals surface area contributed by atoms with Gasteiger partial charge in [-0.2, -0.15) is 0 Å². The van der Waals surface area contributed by atoms with Crippen LogP contribution >= 0.6 is 11.6 Å². The van der Waals surface area contributed by atoms with Gasteiger partial charge in [0.15, 0.2) is 0 Å². The molecule has 0 radical (unpaired) electrons. The largest absolute Gasteiger partial charge is 0.376 e. The third-order valence-corrected chi connectivity index (χ3v) is 9.25. The average molecular weight is 600 g/mol. The summed E-state index contributed by atoms with van der Waals surface area (Å²) in [7, 11) is -4.33. The second kappa shape index (κ2) is 12.0. The van der Waals surface area contributed by atoms with E-state index in [-0.39, 0.29) is 40.2 Å². The Morgan fingerprint density at radius 3 is 2.49 bits per heavy atom. The van der Waals surface area contributed by atoms with Crippen molar-refractivity contribution in [1.82, 2.24) is 14.5 Å². The van der Waals surface area contributed by atoms with Gasteiger partial charge in [0.2, 0.25) is 11.8 Å². The summed E-state index contributed by atoms with van der Waals surface area (Å²) in [6, 6.07) is 16.3. The normalized spacial score (nSPS) is 18.1. The number of ether oxygens (including phenoxy) is 1. The first kappa shape index (κ1) is 28.7. The SMILES string of the molecule is O=C(NC[C@@H]1CCCO1)[C@H](c1ccccc1F)N(Cc1ccccc1Cl)C(=O)CN1C(=O)c2ccccc2S1(=O)=O. The summed E-state index contributed by atoms with van der Waals surface area (Å²) in [6.45, 7) is -0.453. The van der Waals surface area contributed by atoms with Gasteiger partial charge >= 0.3 is 0 Å². The Morgan fingerprint density at radius 1 is 1.07 bits per heavy atom. The molecular weight excluding hydrogens is 573 g/mol. The molecule has 1 saturated heterocycles. The van der Waals surface area contributed by atoms with E-state index >= 15 is 4.39 Å². The van der Waals surface area contributed by atoms with Gasteiger partial charge in [-0.05, 0) is 42.7 Å². The number of halogens is 2. The van der Waals surface area contributed by atoms with Gasteiger partial charge in [-0.3, -0.25) is 14.4 Å². The molecule has 1 fully saturated rings. The number of fused-ring (bicyclic) bond motifs is 1. The standard InChI is InChI=1S/C29H27ClFN3O6S/c30-23-12-4-1-8-19(23)17-33(26(35)18-34-29(37)22-11-3-6-14-25(22)41(34,38)39)27(21-10-2-5-13-24(21)31)28(36)32-16-20-9-7-15-40-20/h1-6,8,10-14,20,27H,7,9,15-18H2,(H,32,36)/t20-,27-/m0/s1. The first-order chi connectivity index (χ1) is 19.7. The maximum atomic E-state index is 15.2. The van der Waals surface area contributed by atoms with E-state index in [0.29, 0.717) is 16.5 Å². The molecule has 2 aliphatic heterocycles. The molecule has 0 spiro atoms. The molecule has 41 heavy (non-hydrogen) atoms. The van der Waals surface area contributed by atoms with Crippen molar-refractivity contribution in [2.24, 2.45) is 0 Å². The van der Waals surface area contributed by atoms with Crippen LogP contribution in [0.25, 0.3) is 0 Å². The second-order valence-electron chi connectivity index (χ2n) is 9.73. The fourth-order valence-electron chi connectivity index (χ4n) is 5.00. The van der Waals surface area contributed by atoms with Crippen molar-refractivity contribution >= 4 is 39.3 Å². The van der Waals surface area contributed by atoms with Crippen LogP contribution in [0.2, 0.25) is 5.02 Å². The highest BCUT2D eigenvalue weighted by Crippen LogP contribution is 2.32. The Kier molecular flexibility index (Phi) is 8.39. The van der Waals surface area contributed by atoms with Gasteiger partial charge in [0, 0.05) is 30.3 Å². The number of nitrogens with zero attached hydrogens (tertiary/aromatic N) is 2. The lowest BCUT2D eigenvalue weighted by atomic mass is 10.0. The third kappa shape index (κ3) is 5.83. The molecule has 3 amide bonds. The van der Waals surface area contributed by atoms with Crippen LogP contribution in [0.1, 0.15) is 40.4 Å². The number of hydrogen-bond acceptors (Lipinski definition) is 6. The average Bonchev–Trinajstić information content (AvgIpc) is 3.55. The van der Waals surface area contributed by atoms with Crippen LogP contribution in [0.3, 0.4) is 0 Å². The highest BCUT2D eigenvalue weighted by Gasteiger charge is 2.44. The molecule has 0 aromatic heterocycles. The van der Waals surface area contributed by atoms with E-state index in [4.69, 9.17) is 16.3 Å². The van der Waals surface area contributed by atoms with E-state index in [1.54, 1.807) is 24.3 Å². The van der Waals surface area contributed by atoms with Crippen LogP contribution in [-0.2, 0) is 30.9 Å². The number of rotatable bonds is 9. The zero-order valence-corrected chi connectivity index (χ0v) is 23.4. The molecule has 3 aromatic carbocycles. The minimum Gasteiger partial charge on any atom is -0.376 e. The van der Waals surface area contributed by atoms with Crippen molar-refractivity contribution in [3.63, 3.8) is 0 Å². The summed E-state index contributed by atoms with van der Waals surface area (Å²) >= 11 is 6.39. The Morgan fingerprint density at radius 2 is 1.78 bits per heavy atom. The van der Waals surface area contributed by atoms with Crippen LogP contribution in [0, 0.1) is 5.82 Å². The maximum absolute atomic E-state index is 15.2. The van der Waals surface area contributed by atoms with Gasteiger partial charge in [-0.1, -0.05) is 60.1 Å². The Bertz CT molecular complexity index is 1590. The molecule has 0 unspecified atom stereocenters. The molecule has 5 rings (SSSR count). The molecule has 0 saturated carbocycles. The maximum Gasteiger partial charge on any atom is 0.269 e. The molecule has 2 aliphatic rings. The van der Waals surface area contributed by atoms with E-state index in [1.165, 1.54) is 48.5 Å². The van der Waals surface area contributed by atoms with Crippen molar-refractivity contribution in [3.8, 4) is 0 Å².